The van der Waals surface area contributed by atoms with Crippen molar-refractivity contribution in [2.24, 2.45) is 0 Å². The number of carbonyl (C=O) groups excluding carboxylic acids is 1. The fourth-order valence-corrected chi connectivity index (χ4v) is 3.69. The number of carbonyl (C=O) groups is 1. The van der Waals surface area contributed by atoms with Crippen molar-refractivity contribution < 1.29 is 23.1 Å². The molecule has 1 N–H and O–H groups in total. The Morgan fingerprint density at radius 1 is 1.12 bits per heavy atom. The van der Waals surface area contributed by atoms with Gasteiger partial charge >= 0.3 is 5.97 Å². The number of hydrogen-bond donors (Lipinski definition) is 1. The first-order chi connectivity index (χ1) is 11.3. The van der Waals surface area contributed by atoms with Crippen molar-refractivity contribution in [2.75, 3.05) is 24.2 Å². The average molecular weight is 349 g/mol. The Hall–Kier alpha value is -2.54. The summed E-state index contributed by atoms with van der Waals surface area (Å²) in [5, 5.41) is 9.31. The highest BCUT2D eigenvalue weighted by atomic mass is 32.2. The van der Waals surface area contributed by atoms with E-state index in [0.29, 0.717) is 11.3 Å². The Kier molecular flexibility index (Phi) is 5.46. The van der Waals surface area contributed by atoms with Crippen LogP contribution in [0.25, 0.3) is 0 Å². The maximum Gasteiger partial charge on any atom is 0.314 e. The van der Waals surface area contributed by atoms with Crippen molar-refractivity contribution in [3.8, 4) is 5.75 Å². The second-order valence-corrected chi connectivity index (χ2v) is 7.29. The number of ether oxygens (including phenoxy) is 1. The van der Waals surface area contributed by atoms with Gasteiger partial charge in [-0.1, -0.05) is 30.3 Å². The summed E-state index contributed by atoms with van der Waals surface area (Å²) in [6.07, 6.45) is 0. The summed E-state index contributed by atoms with van der Waals surface area (Å²) in [5.41, 5.74) is 0.969. The molecule has 0 aliphatic rings. The molecule has 2 aromatic carbocycles. The van der Waals surface area contributed by atoms with E-state index >= 15 is 0 Å². The number of phenols is 1. The van der Waals surface area contributed by atoms with Crippen LogP contribution >= 0.6 is 0 Å². The molecule has 0 saturated heterocycles. The number of esters is 1. The van der Waals surface area contributed by atoms with E-state index in [4.69, 9.17) is 4.74 Å². The summed E-state index contributed by atoms with van der Waals surface area (Å²) in [6.45, 7) is 0. The Bertz CT molecular complexity index is 787. The molecular formula is C17H19NO5S. The number of hydrogen-bond acceptors (Lipinski definition) is 5. The van der Waals surface area contributed by atoms with Gasteiger partial charge in [-0.3, -0.25) is 9.10 Å². The van der Waals surface area contributed by atoms with Crippen LogP contribution in [0.1, 0.15) is 11.5 Å². The van der Waals surface area contributed by atoms with Crippen LogP contribution in [-0.4, -0.2) is 39.4 Å². The Labute approximate surface area is 141 Å². The second kappa shape index (κ2) is 7.35. The molecule has 0 bridgehead atoms. The highest BCUT2D eigenvalue weighted by Gasteiger charge is 2.30. The van der Waals surface area contributed by atoms with Gasteiger partial charge in [0.1, 0.15) is 5.75 Å². The lowest BCUT2D eigenvalue weighted by atomic mass is 10.0. The van der Waals surface area contributed by atoms with E-state index < -0.39 is 27.7 Å². The number of methoxy groups -OCH3 is 1. The molecule has 0 fully saturated rings. The largest absolute Gasteiger partial charge is 0.508 e. The van der Waals surface area contributed by atoms with Gasteiger partial charge in [0.15, 0.2) is 0 Å². The zero-order chi connectivity index (χ0) is 17.7. The van der Waals surface area contributed by atoms with E-state index in [1.807, 2.05) is 0 Å². The van der Waals surface area contributed by atoms with Crippen LogP contribution in [-0.2, 0) is 19.6 Å². The highest BCUT2D eigenvalue weighted by Crippen LogP contribution is 2.24. The van der Waals surface area contributed by atoms with Gasteiger partial charge in [0.2, 0.25) is 10.0 Å². The molecule has 0 unspecified atom stereocenters. The van der Waals surface area contributed by atoms with Crippen LogP contribution in [0.15, 0.2) is 54.6 Å². The maximum absolute atomic E-state index is 12.7. The minimum atomic E-state index is -3.78. The summed E-state index contributed by atoms with van der Waals surface area (Å²) in [5.74, 6) is -1.90. The van der Waals surface area contributed by atoms with Gasteiger partial charge in [0.25, 0.3) is 0 Å². The third kappa shape index (κ3) is 4.05. The molecule has 0 amide bonds. The standard InChI is InChI=1S/C17H19NO5S/c1-18(14-8-10-15(19)11-9-14)24(21,22)12-16(17(20)23-2)13-6-4-3-5-7-13/h3-11,16,19H,12H2,1-2H3/t16-/m1/s1. The van der Waals surface area contributed by atoms with E-state index in [0.717, 1.165) is 4.31 Å². The van der Waals surface area contributed by atoms with Crippen molar-refractivity contribution in [1.82, 2.24) is 0 Å². The molecule has 24 heavy (non-hydrogen) atoms. The predicted octanol–water partition coefficient (Wildman–Crippen LogP) is 2.12. The quantitative estimate of drug-likeness (QED) is 0.808. The molecule has 2 rings (SSSR count). The minimum Gasteiger partial charge on any atom is -0.508 e. The summed E-state index contributed by atoms with van der Waals surface area (Å²) in [6, 6.07) is 14.4. The van der Waals surface area contributed by atoms with Crippen molar-refractivity contribution in [1.29, 1.82) is 0 Å². The fourth-order valence-electron chi connectivity index (χ4n) is 2.27. The number of aromatic hydroxyl groups is 1. The molecule has 7 heteroatoms. The van der Waals surface area contributed by atoms with Crippen LogP contribution in [0.5, 0.6) is 5.75 Å². The Morgan fingerprint density at radius 2 is 1.71 bits per heavy atom. The Balaban J connectivity index is 2.30. The molecule has 0 aliphatic carbocycles. The van der Waals surface area contributed by atoms with Crippen LogP contribution < -0.4 is 4.31 Å². The lowest BCUT2D eigenvalue weighted by Crippen LogP contribution is -2.34. The van der Waals surface area contributed by atoms with Crippen LogP contribution in [0.3, 0.4) is 0 Å². The van der Waals surface area contributed by atoms with Crippen molar-refractivity contribution >= 4 is 21.7 Å². The normalized spacial score (nSPS) is 12.4. The third-order valence-corrected chi connectivity index (χ3v) is 5.50. The minimum absolute atomic E-state index is 0.0428. The van der Waals surface area contributed by atoms with Gasteiger partial charge in [-0.05, 0) is 29.8 Å². The lowest BCUT2D eigenvalue weighted by molar-refractivity contribution is -0.141. The third-order valence-electron chi connectivity index (χ3n) is 3.70. The second-order valence-electron chi connectivity index (χ2n) is 5.25. The van der Waals surface area contributed by atoms with Gasteiger partial charge in [0, 0.05) is 7.05 Å². The summed E-state index contributed by atoms with van der Waals surface area (Å²) in [4.78, 5) is 12.1. The molecule has 1 atom stereocenters. The number of rotatable bonds is 6. The zero-order valence-corrected chi connectivity index (χ0v) is 14.2. The van der Waals surface area contributed by atoms with Gasteiger partial charge < -0.3 is 9.84 Å². The molecule has 0 saturated carbocycles. The van der Waals surface area contributed by atoms with Gasteiger partial charge in [-0.2, -0.15) is 0 Å². The van der Waals surface area contributed by atoms with Gasteiger partial charge in [0.05, 0.1) is 24.5 Å². The van der Waals surface area contributed by atoms with E-state index in [2.05, 4.69) is 0 Å². The molecular weight excluding hydrogens is 330 g/mol. The number of nitrogens with zero attached hydrogens (tertiary/aromatic N) is 1. The molecule has 6 nitrogen and oxygen atoms in total. The smallest absolute Gasteiger partial charge is 0.314 e. The zero-order valence-electron chi connectivity index (χ0n) is 13.4. The van der Waals surface area contributed by atoms with E-state index in [-0.39, 0.29) is 5.75 Å². The van der Waals surface area contributed by atoms with Crippen LogP contribution in [0.2, 0.25) is 0 Å². The average Bonchev–Trinajstić information content (AvgIpc) is 2.60. The summed E-state index contributed by atoms with van der Waals surface area (Å²) in [7, 11) is -1.14. The first-order valence-corrected chi connectivity index (χ1v) is 8.84. The molecule has 0 radical (unpaired) electrons. The monoisotopic (exact) mass is 349 g/mol. The molecule has 0 heterocycles. The fraction of sp³-hybridized carbons (Fsp3) is 0.235. The van der Waals surface area contributed by atoms with Gasteiger partial charge in [-0.15, -0.1) is 0 Å². The molecule has 0 aromatic heterocycles. The predicted molar refractivity (Wildman–Crippen MR) is 91.5 cm³/mol. The maximum atomic E-state index is 12.7. The van der Waals surface area contributed by atoms with Gasteiger partial charge in [-0.25, -0.2) is 8.42 Å². The number of anilines is 1. The first-order valence-electron chi connectivity index (χ1n) is 7.23. The highest BCUT2D eigenvalue weighted by molar-refractivity contribution is 7.92. The van der Waals surface area contributed by atoms with E-state index in [1.54, 1.807) is 30.3 Å². The van der Waals surface area contributed by atoms with Crippen LogP contribution in [0, 0.1) is 0 Å². The molecule has 2 aromatic rings. The molecule has 0 spiro atoms. The summed E-state index contributed by atoms with van der Waals surface area (Å²) >= 11 is 0. The van der Waals surface area contributed by atoms with Crippen molar-refractivity contribution in [3.05, 3.63) is 60.2 Å². The summed E-state index contributed by atoms with van der Waals surface area (Å²) < 4.78 is 31.2. The topological polar surface area (TPSA) is 83.9 Å². The number of phenolic OH excluding ortho intramolecular Hbond substituents is 1. The Morgan fingerprint density at radius 3 is 2.25 bits per heavy atom. The lowest BCUT2D eigenvalue weighted by Gasteiger charge is -2.22. The van der Waals surface area contributed by atoms with Crippen molar-refractivity contribution in [3.63, 3.8) is 0 Å². The van der Waals surface area contributed by atoms with Crippen molar-refractivity contribution in [2.45, 2.75) is 5.92 Å². The van der Waals surface area contributed by atoms with Crippen LogP contribution in [0.4, 0.5) is 5.69 Å². The SMILES string of the molecule is COC(=O)[C@H](CS(=O)(=O)N(C)c1ccc(O)cc1)c1ccccc1. The first kappa shape index (κ1) is 17.8. The number of benzene rings is 2. The molecule has 0 aliphatic heterocycles. The van der Waals surface area contributed by atoms with E-state index in [9.17, 15) is 18.3 Å². The molecule has 128 valence electrons. The van der Waals surface area contributed by atoms with E-state index in [1.165, 1.54) is 38.4 Å². The number of sulfonamides is 1.